The molecule has 0 amide bonds. The Hall–Kier alpha value is -1.48. The lowest BCUT2D eigenvalue weighted by molar-refractivity contribution is 0.299. The topological polar surface area (TPSA) is 54.4 Å². The third-order valence-electron chi connectivity index (χ3n) is 1.74. The summed E-state index contributed by atoms with van der Waals surface area (Å²) >= 11 is 0. The van der Waals surface area contributed by atoms with E-state index in [-0.39, 0.29) is 17.7 Å². The highest BCUT2D eigenvalue weighted by atomic mass is 16.3. The van der Waals surface area contributed by atoms with E-state index in [1.807, 2.05) is 0 Å². The molecule has 1 rings (SSSR count). The molecule has 0 spiro atoms. The fraction of sp³-hybridized carbons (Fsp3) is 0.200. The molecule has 0 aliphatic carbocycles. The van der Waals surface area contributed by atoms with Crippen LogP contribution >= 0.6 is 0 Å². The highest BCUT2D eigenvalue weighted by molar-refractivity contribution is 5.92. The summed E-state index contributed by atoms with van der Waals surface area (Å²) < 4.78 is 0. The van der Waals surface area contributed by atoms with E-state index in [2.05, 4.69) is 0 Å². The zero-order chi connectivity index (χ0) is 9.68. The molecule has 1 aromatic carbocycles. The first kappa shape index (κ1) is 9.61. The Morgan fingerprint density at radius 2 is 2.00 bits per heavy atom. The van der Waals surface area contributed by atoms with Crippen LogP contribution in [0.4, 0.5) is 0 Å². The first-order valence-corrected chi connectivity index (χ1v) is 3.82. The zero-order valence-corrected chi connectivity index (χ0v) is 6.91. The minimum absolute atomic E-state index is 0.0585. The van der Waals surface area contributed by atoms with Gasteiger partial charge in [-0.3, -0.25) is 9.59 Å². The van der Waals surface area contributed by atoms with Crippen molar-refractivity contribution in [3.05, 3.63) is 34.9 Å². The van der Waals surface area contributed by atoms with E-state index in [9.17, 15) is 9.59 Å². The van der Waals surface area contributed by atoms with Gasteiger partial charge in [0.05, 0.1) is 0 Å². The van der Waals surface area contributed by atoms with Crippen molar-refractivity contribution < 1.29 is 14.7 Å². The second-order valence-corrected chi connectivity index (χ2v) is 2.52. The Morgan fingerprint density at radius 1 is 1.23 bits per heavy atom. The Kier molecular flexibility index (Phi) is 3.34. The lowest BCUT2D eigenvalue weighted by Gasteiger charge is -2.02. The third-order valence-corrected chi connectivity index (χ3v) is 1.74. The summed E-state index contributed by atoms with van der Waals surface area (Å²) in [7, 11) is 0. The molecule has 0 aliphatic rings. The number of aliphatic hydroxyl groups excluding tert-OH is 1. The fourth-order valence-corrected chi connectivity index (χ4v) is 1.13. The van der Waals surface area contributed by atoms with Crippen molar-refractivity contribution in [1.29, 1.82) is 0 Å². The van der Waals surface area contributed by atoms with Gasteiger partial charge in [0.1, 0.15) is 0 Å². The summed E-state index contributed by atoms with van der Waals surface area (Å²) in [6, 6.07) is 4.82. The van der Waals surface area contributed by atoms with Crippen LogP contribution in [-0.2, 0) is 16.0 Å². The van der Waals surface area contributed by atoms with Crippen LogP contribution in [0.1, 0.15) is 16.7 Å². The molecule has 2 radical (unpaired) electrons. The summed E-state index contributed by atoms with van der Waals surface area (Å²) in [5.74, 6) is 0. The second kappa shape index (κ2) is 4.52. The van der Waals surface area contributed by atoms with Crippen LogP contribution < -0.4 is 0 Å². The molecule has 1 N–H and O–H groups in total. The molecule has 0 fully saturated rings. The minimum Gasteiger partial charge on any atom is -0.396 e. The van der Waals surface area contributed by atoms with E-state index in [1.54, 1.807) is 24.7 Å². The summed E-state index contributed by atoms with van der Waals surface area (Å²) in [4.78, 5) is 20.9. The predicted octanol–water partition coefficient (Wildman–Crippen LogP) is 0.137. The van der Waals surface area contributed by atoms with Crippen LogP contribution in [0.3, 0.4) is 0 Å². The molecule has 0 atom stereocenters. The maximum Gasteiger partial charge on any atom is 0.234 e. The van der Waals surface area contributed by atoms with E-state index in [1.165, 1.54) is 6.07 Å². The zero-order valence-electron chi connectivity index (χ0n) is 6.91. The van der Waals surface area contributed by atoms with Gasteiger partial charge in [0.25, 0.3) is 0 Å². The van der Waals surface area contributed by atoms with E-state index in [0.717, 1.165) is 0 Å². The van der Waals surface area contributed by atoms with Gasteiger partial charge in [0.2, 0.25) is 12.6 Å². The smallest absolute Gasteiger partial charge is 0.234 e. The average molecular weight is 176 g/mol. The van der Waals surface area contributed by atoms with Crippen molar-refractivity contribution in [3.8, 4) is 0 Å². The molecule has 1 aromatic rings. The molecule has 0 saturated carbocycles. The summed E-state index contributed by atoms with van der Waals surface area (Å²) in [5, 5.41) is 8.67. The van der Waals surface area contributed by atoms with Crippen molar-refractivity contribution in [1.82, 2.24) is 0 Å². The lowest BCUT2D eigenvalue weighted by Crippen LogP contribution is -2.00. The molecule has 0 saturated heterocycles. The number of rotatable bonds is 4. The minimum atomic E-state index is -0.0585. The molecule has 0 aromatic heterocycles. The quantitative estimate of drug-likeness (QED) is 0.709. The molecule has 0 aliphatic heterocycles. The largest absolute Gasteiger partial charge is 0.396 e. The van der Waals surface area contributed by atoms with Crippen LogP contribution in [-0.4, -0.2) is 24.3 Å². The summed E-state index contributed by atoms with van der Waals surface area (Å²) in [5.41, 5.74) is 1.02. The lowest BCUT2D eigenvalue weighted by atomic mass is 10.0. The van der Waals surface area contributed by atoms with Gasteiger partial charge < -0.3 is 5.11 Å². The van der Waals surface area contributed by atoms with Crippen molar-refractivity contribution in [2.75, 3.05) is 6.61 Å². The second-order valence-electron chi connectivity index (χ2n) is 2.52. The average Bonchev–Trinajstić information content (AvgIpc) is 2.18. The summed E-state index contributed by atoms with van der Waals surface area (Å²) in [6.45, 7) is -0.0585. The SMILES string of the molecule is O=[C]c1cccc(CCO)c1[C]=O. The Morgan fingerprint density at radius 3 is 2.54 bits per heavy atom. The molecule has 3 nitrogen and oxygen atoms in total. The maximum atomic E-state index is 10.5. The molecule has 13 heavy (non-hydrogen) atoms. The van der Waals surface area contributed by atoms with Gasteiger partial charge >= 0.3 is 0 Å². The summed E-state index contributed by atoms with van der Waals surface area (Å²) in [6.07, 6.45) is 3.67. The van der Waals surface area contributed by atoms with Gasteiger partial charge in [-0.25, -0.2) is 0 Å². The van der Waals surface area contributed by atoms with Crippen molar-refractivity contribution in [3.63, 3.8) is 0 Å². The fourth-order valence-electron chi connectivity index (χ4n) is 1.13. The standard InChI is InChI=1S/C10H8O3/c11-5-4-8-2-1-3-9(6-12)10(8)7-13/h1-3,11H,4-5H2. The van der Waals surface area contributed by atoms with Gasteiger partial charge in [-0.1, -0.05) is 18.2 Å². The first-order chi connectivity index (χ1) is 6.33. The first-order valence-electron chi connectivity index (χ1n) is 3.82. The van der Waals surface area contributed by atoms with Crippen LogP contribution in [0.2, 0.25) is 0 Å². The molecular weight excluding hydrogens is 168 g/mol. The van der Waals surface area contributed by atoms with E-state index < -0.39 is 0 Å². The molecule has 66 valence electrons. The van der Waals surface area contributed by atoms with Crippen molar-refractivity contribution >= 4 is 12.6 Å². The number of benzene rings is 1. The predicted molar refractivity (Wildman–Crippen MR) is 46.8 cm³/mol. The monoisotopic (exact) mass is 176 g/mol. The maximum absolute atomic E-state index is 10.5. The van der Waals surface area contributed by atoms with Gasteiger partial charge in [0, 0.05) is 17.7 Å². The third kappa shape index (κ3) is 2.00. The molecule has 3 heteroatoms. The van der Waals surface area contributed by atoms with Gasteiger partial charge in [-0.15, -0.1) is 0 Å². The van der Waals surface area contributed by atoms with Gasteiger partial charge in [0.15, 0.2) is 0 Å². The Balaban J connectivity index is 3.18. The van der Waals surface area contributed by atoms with E-state index in [0.29, 0.717) is 12.0 Å². The van der Waals surface area contributed by atoms with Gasteiger partial charge in [-0.2, -0.15) is 0 Å². The molecule has 0 unspecified atom stereocenters. The number of hydrogen-bond donors (Lipinski definition) is 1. The Labute approximate surface area is 76.0 Å². The van der Waals surface area contributed by atoms with Crippen LogP contribution in [0.25, 0.3) is 0 Å². The van der Waals surface area contributed by atoms with Crippen molar-refractivity contribution in [2.45, 2.75) is 6.42 Å². The van der Waals surface area contributed by atoms with E-state index in [4.69, 9.17) is 5.11 Å². The molecule has 0 bridgehead atoms. The van der Waals surface area contributed by atoms with Crippen LogP contribution in [0.5, 0.6) is 0 Å². The van der Waals surface area contributed by atoms with E-state index >= 15 is 0 Å². The number of hydrogen-bond acceptors (Lipinski definition) is 3. The van der Waals surface area contributed by atoms with Gasteiger partial charge in [-0.05, 0) is 12.0 Å². The van der Waals surface area contributed by atoms with Crippen molar-refractivity contribution in [2.24, 2.45) is 0 Å². The molecule has 0 heterocycles. The highest BCUT2D eigenvalue weighted by Crippen LogP contribution is 2.11. The Bertz CT molecular complexity index is 318. The normalized spacial score (nSPS) is 9.62. The number of carbonyl (C=O) groups excluding carboxylic acids is 2. The van der Waals surface area contributed by atoms with Crippen LogP contribution in [0, 0.1) is 0 Å². The highest BCUT2D eigenvalue weighted by Gasteiger charge is 2.07. The molecular formula is C10H8O3. The number of aliphatic hydroxyl groups is 1. The van der Waals surface area contributed by atoms with Crippen LogP contribution in [0.15, 0.2) is 18.2 Å².